The lowest BCUT2D eigenvalue weighted by Crippen LogP contribution is -2.53. The zero-order chi connectivity index (χ0) is 32.8. The molecule has 2 aliphatic rings. The van der Waals surface area contributed by atoms with Crippen LogP contribution in [-0.4, -0.2) is 75.0 Å². The number of halogens is 3. The van der Waals surface area contributed by atoms with Crippen LogP contribution in [0.1, 0.15) is 53.0 Å². The number of nitrogen functional groups attached to an aromatic ring is 1. The molecule has 3 heterocycles. The number of rotatable bonds is 13. The molecule has 6 N–H and O–H groups in total. The van der Waals surface area contributed by atoms with Gasteiger partial charge in [-0.3, -0.25) is 15.0 Å². The molecule has 2 aliphatic heterocycles. The van der Waals surface area contributed by atoms with Crippen LogP contribution < -0.4 is 21.1 Å². The molecule has 45 heavy (non-hydrogen) atoms. The largest absolute Gasteiger partial charge is 0.416 e. The molecule has 0 saturated carbocycles. The van der Waals surface area contributed by atoms with Crippen LogP contribution in [-0.2, 0) is 43.7 Å². The summed E-state index contributed by atoms with van der Waals surface area (Å²) in [7, 11) is -3.76. The second kappa shape index (κ2) is 15.0. The Morgan fingerprint density at radius 1 is 1.18 bits per heavy atom. The smallest absolute Gasteiger partial charge is 0.383 e. The Bertz CT molecular complexity index is 1440. The van der Waals surface area contributed by atoms with E-state index in [1.165, 1.54) is 28.4 Å². The minimum atomic E-state index is -4.46. The molecule has 1 aromatic carbocycles. The SMILES string of the molecule is CS(=O)(=O)N[C@H](CCC1CCNCC1)C(=O)N1C[C@H](OCc2ccc(C(F)(F)F)cc2)C[C@H]1C(=O)NCc1ccc(C(=N)N)s1. The lowest BCUT2D eigenvalue weighted by molar-refractivity contribution is -0.140. The summed E-state index contributed by atoms with van der Waals surface area (Å²) in [5.41, 5.74) is 5.25. The standard InChI is InChI=1S/C29H39F3N6O5S2/c1-45(41,42)37-23(8-4-18-10-12-35-13-11-18)28(40)38-16-21(43-17-19-2-5-20(6-3-19)29(30,31)32)14-24(38)27(39)36-15-22-7-9-25(44-22)26(33)34/h2-3,5-7,9,18,21,23-24,35,37H,4,8,10-17H2,1H3,(H3,33,34)(H,36,39)/t21-,23-,24+/m1/s1. The van der Waals surface area contributed by atoms with E-state index < -0.39 is 51.8 Å². The molecule has 248 valence electrons. The van der Waals surface area contributed by atoms with Crippen LogP contribution >= 0.6 is 11.3 Å². The van der Waals surface area contributed by atoms with Crippen molar-refractivity contribution >= 4 is 39.0 Å². The molecule has 11 nitrogen and oxygen atoms in total. The van der Waals surface area contributed by atoms with Crippen molar-refractivity contribution in [2.45, 2.75) is 69.6 Å². The minimum absolute atomic E-state index is 0.000329. The number of likely N-dealkylation sites (tertiary alicyclic amines) is 1. The van der Waals surface area contributed by atoms with Gasteiger partial charge in [0.05, 0.1) is 36.0 Å². The topological polar surface area (TPSA) is 167 Å². The zero-order valence-corrected chi connectivity index (χ0v) is 26.5. The summed E-state index contributed by atoms with van der Waals surface area (Å²) in [6, 6.07) is 5.93. The van der Waals surface area contributed by atoms with Crippen LogP contribution in [0.2, 0.25) is 0 Å². The average molecular weight is 673 g/mol. The molecule has 3 atom stereocenters. The van der Waals surface area contributed by atoms with Gasteiger partial charge >= 0.3 is 6.18 Å². The third kappa shape index (κ3) is 10.2. The Labute approximate surface area is 264 Å². The Balaban J connectivity index is 1.48. The molecule has 0 bridgehead atoms. The van der Waals surface area contributed by atoms with Crippen LogP contribution in [0.3, 0.4) is 0 Å². The van der Waals surface area contributed by atoms with Gasteiger partial charge in [0, 0.05) is 17.8 Å². The number of alkyl halides is 3. The summed E-state index contributed by atoms with van der Waals surface area (Å²) >= 11 is 1.25. The number of sulfonamides is 1. The first-order valence-electron chi connectivity index (χ1n) is 14.7. The molecule has 0 aliphatic carbocycles. The molecule has 2 aromatic rings. The number of amides is 2. The number of ether oxygens (including phenoxy) is 1. The predicted molar refractivity (Wildman–Crippen MR) is 164 cm³/mol. The van der Waals surface area contributed by atoms with E-state index in [1.807, 2.05) is 0 Å². The van der Waals surface area contributed by atoms with Crippen LogP contribution in [0.5, 0.6) is 0 Å². The lowest BCUT2D eigenvalue weighted by Gasteiger charge is -2.29. The van der Waals surface area contributed by atoms with E-state index in [2.05, 4.69) is 15.4 Å². The number of hydrogen-bond donors (Lipinski definition) is 5. The molecule has 2 fully saturated rings. The Morgan fingerprint density at radius 2 is 1.87 bits per heavy atom. The van der Waals surface area contributed by atoms with E-state index in [1.54, 1.807) is 12.1 Å². The maximum absolute atomic E-state index is 13.9. The highest BCUT2D eigenvalue weighted by Gasteiger charge is 2.43. The summed E-state index contributed by atoms with van der Waals surface area (Å²) in [4.78, 5) is 30.0. The average Bonchev–Trinajstić information content (AvgIpc) is 3.64. The number of nitrogens with two attached hydrogens (primary N) is 1. The van der Waals surface area contributed by atoms with Crippen molar-refractivity contribution in [3.8, 4) is 0 Å². The molecule has 4 rings (SSSR count). The van der Waals surface area contributed by atoms with Gasteiger partial charge in [-0.15, -0.1) is 11.3 Å². The predicted octanol–water partition coefficient (Wildman–Crippen LogP) is 2.55. The second-order valence-electron chi connectivity index (χ2n) is 11.5. The fourth-order valence-electron chi connectivity index (χ4n) is 5.59. The number of benzene rings is 1. The first-order chi connectivity index (χ1) is 21.2. The van der Waals surface area contributed by atoms with Crippen molar-refractivity contribution < 1.29 is 35.9 Å². The minimum Gasteiger partial charge on any atom is -0.383 e. The second-order valence-corrected chi connectivity index (χ2v) is 14.4. The first-order valence-corrected chi connectivity index (χ1v) is 17.4. The molecule has 0 unspecified atom stereocenters. The highest BCUT2D eigenvalue weighted by molar-refractivity contribution is 7.88. The monoisotopic (exact) mass is 672 g/mol. The van der Waals surface area contributed by atoms with E-state index >= 15 is 0 Å². The number of nitrogens with zero attached hydrogens (tertiary/aromatic N) is 1. The van der Waals surface area contributed by atoms with Crippen molar-refractivity contribution in [2.75, 3.05) is 25.9 Å². The zero-order valence-electron chi connectivity index (χ0n) is 24.9. The highest BCUT2D eigenvalue weighted by Crippen LogP contribution is 2.30. The third-order valence-electron chi connectivity index (χ3n) is 7.96. The molecule has 1 aromatic heterocycles. The van der Waals surface area contributed by atoms with Gasteiger partial charge in [-0.2, -0.15) is 13.2 Å². The number of nitrogens with one attached hydrogen (secondary N) is 4. The molecular formula is C29H39F3N6O5S2. The van der Waals surface area contributed by atoms with Gasteiger partial charge in [0.15, 0.2) is 0 Å². The van der Waals surface area contributed by atoms with Crippen LogP contribution in [0.4, 0.5) is 13.2 Å². The maximum Gasteiger partial charge on any atom is 0.416 e. The van der Waals surface area contributed by atoms with E-state index in [0.29, 0.717) is 22.8 Å². The Kier molecular flexibility index (Phi) is 11.6. The molecular weight excluding hydrogens is 633 g/mol. The molecule has 0 spiro atoms. The normalized spacial score (nSPS) is 20.2. The van der Waals surface area contributed by atoms with Gasteiger partial charge in [-0.1, -0.05) is 12.1 Å². The molecule has 2 saturated heterocycles. The van der Waals surface area contributed by atoms with Crippen LogP contribution in [0, 0.1) is 11.3 Å². The van der Waals surface area contributed by atoms with E-state index in [-0.39, 0.29) is 38.4 Å². The van der Waals surface area contributed by atoms with Crippen molar-refractivity contribution in [1.29, 1.82) is 5.41 Å². The molecule has 16 heteroatoms. The number of thiophene rings is 1. The Morgan fingerprint density at radius 3 is 2.47 bits per heavy atom. The van der Waals surface area contributed by atoms with Gasteiger partial charge in [0.1, 0.15) is 17.9 Å². The van der Waals surface area contributed by atoms with Crippen molar-refractivity contribution in [2.24, 2.45) is 11.7 Å². The van der Waals surface area contributed by atoms with Gasteiger partial charge in [0.2, 0.25) is 21.8 Å². The lowest BCUT2D eigenvalue weighted by atomic mass is 9.91. The number of carbonyl (C=O) groups excluding carboxylic acids is 2. The van der Waals surface area contributed by atoms with Crippen LogP contribution in [0.15, 0.2) is 36.4 Å². The number of amidine groups is 1. The van der Waals surface area contributed by atoms with Gasteiger partial charge in [-0.25, -0.2) is 13.1 Å². The molecule has 2 amide bonds. The summed E-state index contributed by atoms with van der Waals surface area (Å²) in [5.74, 6) is -0.749. The number of hydrogen-bond acceptors (Lipinski definition) is 8. The number of piperidine rings is 1. The fourth-order valence-corrected chi connectivity index (χ4v) is 7.13. The maximum atomic E-state index is 13.9. The first kappa shape index (κ1) is 34.8. The van der Waals surface area contributed by atoms with E-state index in [4.69, 9.17) is 15.9 Å². The summed E-state index contributed by atoms with van der Waals surface area (Å²) in [6.45, 7) is 1.80. The van der Waals surface area contributed by atoms with Gasteiger partial charge in [-0.05, 0) is 74.5 Å². The Hall–Kier alpha value is -3.05. The van der Waals surface area contributed by atoms with E-state index in [9.17, 15) is 31.2 Å². The van der Waals surface area contributed by atoms with Crippen LogP contribution in [0.25, 0.3) is 0 Å². The quantitative estimate of drug-likeness (QED) is 0.161. The van der Waals surface area contributed by atoms with Crippen molar-refractivity contribution in [1.82, 2.24) is 20.3 Å². The fraction of sp³-hybridized carbons (Fsp3) is 0.552. The van der Waals surface area contributed by atoms with E-state index in [0.717, 1.165) is 49.2 Å². The highest BCUT2D eigenvalue weighted by atomic mass is 32.2. The third-order valence-corrected chi connectivity index (χ3v) is 9.79. The number of carbonyl (C=O) groups is 2. The molecule has 0 radical (unpaired) electrons. The van der Waals surface area contributed by atoms with Crippen molar-refractivity contribution in [3.05, 3.63) is 57.3 Å². The van der Waals surface area contributed by atoms with Gasteiger partial charge in [0.25, 0.3) is 0 Å². The summed E-state index contributed by atoms with van der Waals surface area (Å²) < 4.78 is 71.8. The summed E-state index contributed by atoms with van der Waals surface area (Å²) in [6.07, 6.45) is -1.25. The summed E-state index contributed by atoms with van der Waals surface area (Å²) in [5, 5.41) is 13.7. The van der Waals surface area contributed by atoms with Crippen molar-refractivity contribution in [3.63, 3.8) is 0 Å². The van der Waals surface area contributed by atoms with Gasteiger partial charge < -0.3 is 26.0 Å².